The molecule has 1 saturated carbocycles. The van der Waals surface area contributed by atoms with E-state index < -0.39 is 12.0 Å². The quantitative estimate of drug-likeness (QED) is 0.761. The maximum atomic E-state index is 12.3. The molecule has 1 aliphatic heterocycles. The molecule has 2 aliphatic rings. The second kappa shape index (κ2) is 4.59. The van der Waals surface area contributed by atoms with E-state index in [1.807, 2.05) is 0 Å². The third kappa shape index (κ3) is 2.32. The highest BCUT2D eigenvalue weighted by Gasteiger charge is 2.43. The lowest BCUT2D eigenvalue weighted by atomic mass is 10.1. The molecule has 2 amide bonds. The molecule has 0 aromatic carbocycles. The predicted molar refractivity (Wildman–Crippen MR) is 62.7 cm³/mol. The van der Waals surface area contributed by atoms with Gasteiger partial charge in [-0.05, 0) is 19.8 Å². The average molecular weight is 254 g/mol. The number of carbonyl (C=O) groups is 3. The normalized spacial score (nSPS) is 25.1. The lowest BCUT2D eigenvalue weighted by Gasteiger charge is -2.28. The van der Waals surface area contributed by atoms with Crippen LogP contribution in [0.4, 0.5) is 0 Å². The average Bonchev–Trinajstić information content (AvgIpc) is 3.06. The molecule has 1 N–H and O–H groups in total. The van der Waals surface area contributed by atoms with E-state index in [9.17, 15) is 14.4 Å². The van der Waals surface area contributed by atoms with E-state index in [-0.39, 0.29) is 30.2 Å². The fourth-order valence-corrected chi connectivity index (χ4v) is 2.40. The minimum absolute atomic E-state index is 0.0459. The summed E-state index contributed by atoms with van der Waals surface area (Å²) < 4.78 is 0. The van der Waals surface area contributed by atoms with Gasteiger partial charge in [-0.2, -0.15) is 0 Å². The summed E-state index contributed by atoms with van der Waals surface area (Å²) in [5, 5.41) is 9.05. The van der Waals surface area contributed by atoms with Crippen molar-refractivity contribution in [2.75, 3.05) is 13.6 Å². The van der Waals surface area contributed by atoms with Crippen LogP contribution in [0.1, 0.15) is 26.2 Å². The van der Waals surface area contributed by atoms with Crippen molar-refractivity contribution in [2.24, 2.45) is 5.92 Å². The summed E-state index contributed by atoms with van der Waals surface area (Å²) in [6.07, 6.45) is 1.92. The van der Waals surface area contributed by atoms with E-state index in [0.717, 1.165) is 12.8 Å². The number of amides is 2. The van der Waals surface area contributed by atoms with Crippen LogP contribution in [0.2, 0.25) is 0 Å². The fraction of sp³-hybridized carbons (Fsp3) is 0.750. The molecular formula is C12H18N2O4. The van der Waals surface area contributed by atoms with Crippen LogP contribution in [0.25, 0.3) is 0 Å². The number of carboxylic acid groups (broad SMARTS) is 1. The Hall–Kier alpha value is -1.59. The van der Waals surface area contributed by atoms with Gasteiger partial charge in [0.1, 0.15) is 6.04 Å². The highest BCUT2D eigenvalue weighted by molar-refractivity contribution is 5.91. The molecule has 1 aliphatic carbocycles. The van der Waals surface area contributed by atoms with Gasteiger partial charge >= 0.3 is 5.97 Å². The summed E-state index contributed by atoms with van der Waals surface area (Å²) >= 11 is 0. The Morgan fingerprint density at radius 3 is 2.44 bits per heavy atom. The standard InChI is InChI=1S/C12H18N2O4/c1-7(12(17)18)14(9-3-4-9)11(16)8-5-10(15)13(2)6-8/h7-9H,3-6H2,1-2H3,(H,17,18). The number of likely N-dealkylation sites (tertiary alicyclic amines) is 1. The van der Waals surface area contributed by atoms with E-state index in [4.69, 9.17) is 5.11 Å². The second-order valence-electron chi connectivity index (χ2n) is 5.17. The second-order valence-corrected chi connectivity index (χ2v) is 5.17. The Kier molecular flexibility index (Phi) is 3.28. The monoisotopic (exact) mass is 254 g/mol. The van der Waals surface area contributed by atoms with Crippen molar-refractivity contribution in [1.82, 2.24) is 9.80 Å². The van der Waals surface area contributed by atoms with Crippen LogP contribution in [0.3, 0.4) is 0 Å². The van der Waals surface area contributed by atoms with Crippen LogP contribution in [0.5, 0.6) is 0 Å². The molecule has 2 rings (SSSR count). The highest BCUT2D eigenvalue weighted by atomic mass is 16.4. The molecule has 0 radical (unpaired) electrons. The van der Waals surface area contributed by atoms with Gasteiger partial charge in [-0.25, -0.2) is 4.79 Å². The molecule has 0 aromatic rings. The van der Waals surface area contributed by atoms with Crippen LogP contribution in [-0.2, 0) is 14.4 Å². The van der Waals surface area contributed by atoms with Crippen molar-refractivity contribution >= 4 is 17.8 Å². The summed E-state index contributed by atoms with van der Waals surface area (Å²) in [6.45, 7) is 1.92. The molecule has 0 spiro atoms. The van der Waals surface area contributed by atoms with Crippen molar-refractivity contribution in [1.29, 1.82) is 0 Å². The Labute approximate surface area is 106 Å². The van der Waals surface area contributed by atoms with E-state index in [2.05, 4.69) is 0 Å². The molecule has 2 unspecified atom stereocenters. The first-order valence-corrected chi connectivity index (χ1v) is 6.20. The first kappa shape index (κ1) is 12.9. The van der Waals surface area contributed by atoms with Gasteiger partial charge < -0.3 is 14.9 Å². The number of hydrogen-bond donors (Lipinski definition) is 1. The summed E-state index contributed by atoms with van der Waals surface area (Å²) in [4.78, 5) is 37.8. The number of carbonyl (C=O) groups excluding carboxylic acids is 2. The highest BCUT2D eigenvalue weighted by Crippen LogP contribution is 2.31. The molecule has 0 aromatic heterocycles. The van der Waals surface area contributed by atoms with Gasteiger partial charge in [-0.3, -0.25) is 9.59 Å². The Balaban J connectivity index is 2.09. The zero-order valence-electron chi connectivity index (χ0n) is 10.6. The summed E-state index contributed by atoms with van der Waals surface area (Å²) in [6, 6.07) is -0.768. The number of nitrogens with zero attached hydrogens (tertiary/aromatic N) is 2. The summed E-state index contributed by atoms with van der Waals surface area (Å²) in [5.74, 6) is -1.62. The molecule has 1 heterocycles. The first-order valence-electron chi connectivity index (χ1n) is 6.20. The molecule has 6 heteroatoms. The van der Waals surface area contributed by atoms with Crippen molar-refractivity contribution in [3.63, 3.8) is 0 Å². The van der Waals surface area contributed by atoms with Gasteiger partial charge in [0.15, 0.2) is 0 Å². The minimum atomic E-state index is -0.993. The van der Waals surface area contributed by atoms with Crippen LogP contribution >= 0.6 is 0 Å². The van der Waals surface area contributed by atoms with E-state index in [1.165, 1.54) is 16.7 Å². The van der Waals surface area contributed by atoms with Gasteiger partial charge in [0.05, 0.1) is 5.92 Å². The van der Waals surface area contributed by atoms with E-state index in [1.54, 1.807) is 7.05 Å². The minimum Gasteiger partial charge on any atom is -0.480 e. The number of hydrogen-bond acceptors (Lipinski definition) is 3. The third-order valence-electron chi connectivity index (χ3n) is 3.66. The Morgan fingerprint density at radius 1 is 1.44 bits per heavy atom. The van der Waals surface area contributed by atoms with Crippen molar-refractivity contribution in [3.05, 3.63) is 0 Å². The zero-order valence-corrected chi connectivity index (χ0v) is 10.6. The number of carboxylic acids is 1. The van der Waals surface area contributed by atoms with Crippen molar-refractivity contribution in [2.45, 2.75) is 38.3 Å². The Morgan fingerprint density at radius 2 is 2.06 bits per heavy atom. The van der Waals surface area contributed by atoms with E-state index >= 15 is 0 Å². The van der Waals surface area contributed by atoms with E-state index in [0.29, 0.717) is 6.54 Å². The lowest BCUT2D eigenvalue weighted by molar-refractivity contribution is -0.151. The largest absolute Gasteiger partial charge is 0.480 e. The third-order valence-corrected chi connectivity index (χ3v) is 3.66. The van der Waals surface area contributed by atoms with Gasteiger partial charge in [0.2, 0.25) is 11.8 Å². The summed E-state index contributed by atoms with van der Waals surface area (Å²) in [5.41, 5.74) is 0. The molecule has 0 bridgehead atoms. The Bertz CT molecular complexity index is 392. The first-order chi connectivity index (χ1) is 8.41. The summed E-state index contributed by atoms with van der Waals surface area (Å²) in [7, 11) is 1.66. The topological polar surface area (TPSA) is 77.9 Å². The molecule has 18 heavy (non-hydrogen) atoms. The van der Waals surface area contributed by atoms with Gasteiger partial charge in [-0.15, -0.1) is 0 Å². The van der Waals surface area contributed by atoms with Gasteiger partial charge in [0.25, 0.3) is 0 Å². The molecule has 2 atom stereocenters. The lowest BCUT2D eigenvalue weighted by Crippen LogP contribution is -2.47. The van der Waals surface area contributed by atoms with Crippen LogP contribution in [-0.4, -0.2) is 58.4 Å². The number of aliphatic carboxylic acids is 1. The number of rotatable bonds is 4. The smallest absolute Gasteiger partial charge is 0.326 e. The molecule has 6 nitrogen and oxygen atoms in total. The zero-order chi connectivity index (χ0) is 13.4. The predicted octanol–water partition coefficient (Wildman–Crippen LogP) is -0.0712. The van der Waals surface area contributed by atoms with Crippen LogP contribution in [0.15, 0.2) is 0 Å². The SMILES string of the molecule is CC(C(=O)O)N(C(=O)C1CC(=O)N(C)C1)C1CC1. The van der Waals surface area contributed by atoms with Crippen molar-refractivity contribution in [3.8, 4) is 0 Å². The molecule has 1 saturated heterocycles. The fourth-order valence-electron chi connectivity index (χ4n) is 2.40. The molecule has 100 valence electrons. The molecular weight excluding hydrogens is 236 g/mol. The van der Waals surface area contributed by atoms with Gasteiger partial charge in [0, 0.05) is 26.1 Å². The maximum Gasteiger partial charge on any atom is 0.326 e. The molecule has 2 fully saturated rings. The maximum absolute atomic E-state index is 12.3. The van der Waals surface area contributed by atoms with Crippen molar-refractivity contribution < 1.29 is 19.5 Å². The van der Waals surface area contributed by atoms with Crippen LogP contribution in [0, 0.1) is 5.92 Å². The van der Waals surface area contributed by atoms with Crippen LogP contribution < -0.4 is 0 Å². The van der Waals surface area contributed by atoms with Gasteiger partial charge in [-0.1, -0.05) is 0 Å².